The highest BCUT2D eigenvalue weighted by Gasteiger charge is 2.37. The lowest BCUT2D eigenvalue weighted by Gasteiger charge is -2.41. The number of pyridine rings is 1. The van der Waals surface area contributed by atoms with Crippen molar-refractivity contribution in [1.29, 1.82) is 0 Å². The highest BCUT2D eigenvalue weighted by atomic mass is 35.5. The van der Waals surface area contributed by atoms with E-state index in [-0.39, 0.29) is 17.4 Å². The number of aromatic nitrogens is 1. The molecule has 0 spiro atoms. The van der Waals surface area contributed by atoms with Gasteiger partial charge in [0, 0.05) is 41.8 Å². The van der Waals surface area contributed by atoms with Gasteiger partial charge in [0.2, 0.25) is 10.0 Å². The standard InChI is InChI=1S/C20H21ClN2O3S/c1-27(25,26)22-11-15-10-17(13-22)19-9-6-16(20(24)23(19)12-15)5-2-14-3-7-18(21)8-4-14/h2-9,15,17H,10-13H2,1H3. The largest absolute Gasteiger partial charge is 0.311 e. The number of piperidine rings is 1. The van der Waals surface area contributed by atoms with Gasteiger partial charge in [-0.25, -0.2) is 12.7 Å². The zero-order chi connectivity index (χ0) is 19.2. The number of hydrogen-bond acceptors (Lipinski definition) is 3. The average molecular weight is 405 g/mol. The summed E-state index contributed by atoms with van der Waals surface area (Å²) < 4.78 is 27.2. The first kappa shape index (κ1) is 18.5. The smallest absolute Gasteiger partial charge is 0.258 e. The second kappa shape index (κ2) is 6.93. The fourth-order valence-corrected chi connectivity index (χ4v) is 5.13. The lowest BCUT2D eigenvalue weighted by atomic mass is 9.84. The van der Waals surface area contributed by atoms with Gasteiger partial charge in [-0.3, -0.25) is 4.79 Å². The fraction of sp³-hybridized carbons (Fsp3) is 0.350. The van der Waals surface area contributed by atoms with Gasteiger partial charge in [-0.05, 0) is 48.2 Å². The fourth-order valence-electron chi connectivity index (χ4n) is 4.08. The van der Waals surface area contributed by atoms with E-state index in [1.807, 2.05) is 53.1 Å². The Morgan fingerprint density at radius 1 is 1.04 bits per heavy atom. The van der Waals surface area contributed by atoms with Crippen molar-refractivity contribution < 1.29 is 8.42 Å². The summed E-state index contributed by atoms with van der Waals surface area (Å²) in [6.07, 6.45) is 5.91. The van der Waals surface area contributed by atoms with Gasteiger partial charge in [-0.15, -0.1) is 0 Å². The van der Waals surface area contributed by atoms with Gasteiger partial charge in [-0.1, -0.05) is 29.8 Å². The third kappa shape index (κ3) is 3.74. The zero-order valence-corrected chi connectivity index (χ0v) is 16.6. The van der Waals surface area contributed by atoms with Crippen LogP contribution in [0.4, 0.5) is 0 Å². The van der Waals surface area contributed by atoms with E-state index in [1.54, 1.807) is 4.31 Å². The first-order chi connectivity index (χ1) is 12.8. The Morgan fingerprint density at radius 3 is 2.48 bits per heavy atom. The van der Waals surface area contributed by atoms with E-state index in [2.05, 4.69) is 0 Å². The first-order valence-corrected chi connectivity index (χ1v) is 11.2. The van der Waals surface area contributed by atoms with E-state index in [9.17, 15) is 13.2 Å². The molecule has 2 bridgehead atoms. The van der Waals surface area contributed by atoms with Crippen LogP contribution in [0.25, 0.3) is 12.2 Å². The van der Waals surface area contributed by atoms with Crippen molar-refractivity contribution in [2.45, 2.75) is 18.9 Å². The second-order valence-corrected chi connectivity index (χ2v) is 9.81. The molecule has 2 aliphatic heterocycles. The van der Waals surface area contributed by atoms with Gasteiger partial charge >= 0.3 is 0 Å². The second-order valence-electron chi connectivity index (χ2n) is 7.39. The molecule has 5 nitrogen and oxygen atoms in total. The van der Waals surface area contributed by atoms with Gasteiger partial charge in [0.1, 0.15) is 0 Å². The highest BCUT2D eigenvalue weighted by Crippen LogP contribution is 2.36. The van der Waals surface area contributed by atoms with E-state index in [0.717, 1.165) is 17.7 Å². The van der Waals surface area contributed by atoms with Crippen LogP contribution in [0, 0.1) is 5.92 Å². The predicted molar refractivity (Wildman–Crippen MR) is 108 cm³/mol. The van der Waals surface area contributed by atoms with Crippen LogP contribution < -0.4 is 5.56 Å². The molecule has 0 N–H and O–H groups in total. The van der Waals surface area contributed by atoms with Crippen LogP contribution >= 0.6 is 11.6 Å². The Hall–Kier alpha value is -1.89. The molecule has 0 saturated carbocycles. The molecule has 0 aliphatic carbocycles. The summed E-state index contributed by atoms with van der Waals surface area (Å²) in [7, 11) is -3.21. The zero-order valence-electron chi connectivity index (χ0n) is 15.0. The van der Waals surface area contributed by atoms with Crippen molar-refractivity contribution in [2.24, 2.45) is 5.92 Å². The van der Waals surface area contributed by atoms with Crippen molar-refractivity contribution in [3.8, 4) is 0 Å². The molecule has 7 heteroatoms. The van der Waals surface area contributed by atoms with Crippen molar-refractivity contribution in [2.75, 3.05) is 19.3 Å². The van der Waals surface area contributed by atoms with E-state index in [1.165, 1.54) is 6.26 Å². The van der Waals surface area contributed by atoms with Gasteiger partial charge < -0.3 is 4.57 Å². The molecule has 27 heavy (non-hydrogen) atoms. The average Bonchev–Trinajstić information content (AvgIpc) is 2.62. The minimum atomic E-state index is -3.21. The van der Waals surface area contributed by atoms with Crippen molar-refractivity contribution in [1.82, 2.24) is 8.87 Å². The minimum absolute atomic E-state index is 0.0137. The van der Waals surface area contributed by atoms with E-state index < -0.39 is 10.0 Å². The molecule has 3 heterocycles. The lowest BCUT2D eigenvalue weighted by Crippen LogP contribution is -2.49. The maximum atomic E-state index is 13.0. The molecule has 1 saturated heterocycles. The van der Waals surface area contributed by atoms with Crippen LogP contribution in [0.15, 0.2) is 41.2 Å². The molecule has 1 fully saturated rings. The summed E-state index contributed by atoms with van der Waals surface area (Å²) in [5.41, 5.74) is 2.53. The maximum Gasteiger partial charge on any atom is 0.258 e. The maximum absolute atomic E-state index is 13.0. The van der Waals surface area contributed by atoms with Gasteiger partial charge in [0.25, 0.3) is 5.56 Å². The summed E-state index contributed by atoms with van der Waals surface area (Å²) in [6.45, 7) is 1.51. The van der Waals surface area contributed by atoms with Crippen LogP contribution in [-0.4, -0.2) is 36.6 Å². The van der Waals surface area contributed by atoms with E-state index in [0.29, 0.717) is 30.2 Å². The topological polar surface area (TPSA) is 59.4 Å². The predicted octanol–water partition coefficient (Wildman–Crippen LogP) is 3.05. The van der Waals surface area contributed by atoms with Crippen molar-refractivity contribution in [3.05, 3.63) is 68.6 Å². The highest BCUT2D eigenvalue weighted by molar-refractivity contribution is 7.88. The summed E-state index contributed by atoms with van der Waals surface area (Å²) in [5, 5.41) is 0.677. The molecule has 2 aromatic rings. The molecule has 2 atom stereocenters. The molecular weight excluding hydrogens is 384 g/mol. The molecule has 1 aromatic heterocycles. The van der Waals surface area contributed by atoms with Crippen molar-refractivity contribution in [3.63, 3.8) is 0 Å². The van der Waals surface area contributed by atoms with Crippen LogP contribution in [0.5, 0.6) is 0 Å². The molecule has 2 unspecified atom stereocenters. The number of sulfonamides is 1. The SMILES string of the molecule is CS(=O)(=O)N1CC2CC(C1)c1ccc(C=Cc3ccc(Cl)cc3)c(=O)n1C2. The number of halogens is 1. The van der Waals surface area contributed by atoms with Crippen LogP contribution in [0.2, 0.25) is 5.02 Å². The molecule has 2 aliphatic rings. The first-order valence-electron chi connectivity index (χ1n) is 8.94. The van der Waals surface area contributed by atoms with Gasteiger partial charge in [0.15, 0.2) is 0 Å². The van der Waals surface area contributed by atoms with Gasteiger partial charge in [0.05, 0.1) is 6.26 Å². The quantitative estimate of drug-likeness (QED) is 0.789. The number of hydrogen-bond donors (Lipinski definition) is 0. The molecule has 142 valence electrons. The summed E-state index contributed by atoms with van der Waals surface area (Å²) >= 11 is 5.90. The van der Waals surface area contributed by atoms with Crippen LogP contribution in [0.1, 0.15) is 29.2 Å². The summed E-state index contributed by atoms with van der Waals surface area (Å²) in [4.78, 5) is 13.0. The Morgan fingerprint density at radius 2 is 1.78 bits per heavy atom. The Balaban J connectivity index is 1.64. The normalized spacial score (nSPS) is 22.7. The lowest BCUT2D eigenvalue weighted by molar-refractivity contribution is 0.187. The molecular formula is C20H21ClN2O3S. The van der Waals surface area contributed by atoms with Gasteiger partial charge in [-0.2, -0.15) is 0 Å². The Kier molecular flexibility index (Phi) is 4.74. The third-order valence-corrected chi connectivity index (χ3v) is 6.88. The molecule has 0 radical (unpaired) electrons. The Labute approximate surface area is 163 Å². The number of benzene rings is 1. The summed E-state index contributed by atoms with van der Waals surface area (Å²) in [5.74, 6) is 0.258. The molecule has 0 amide bonds. The monoisotopic (exact) mass is 404 g/mol. The number of fused-ring (bicyclic) bond motifs is 4. The molecule has 1 aromatic carbocycles. The molecule has 4 rings (SSSR count). The summed E-state index contributed by atoms with van der Waals surface area (Å²) in [6, 6.07) is 11.2. The number of rotatable bonds is 3. The van der Waals surface area contributed by atoms with Crippen LogP contribution in [-0.2, 0) is 16.6 Å². The Bertz CT molecular complexity index is 1060. The minimum Gasteiger partial charge on any atom is -0.311 e. The van der Waals surface area contributed by atoms with Crippen LogP contribution in [0.3, 0.4) is 0 Å². The third-order valence-electron chi connectivity index (χ3n) is 5.39. The van der Waals surface area contributed by atoms with Crippen molar-refractivity contribution >= 4 is 33.8 Å². The van der Waals surface area contributed by atoms with E-state index in [4.69, 9.17) is 11.6 Å². The number of nitrogens with zero attached hydrogens (tertiary/aromatic N) is 2. The van der Waals surface area contributed by atoms with E-state index >= 15 is 0 Å².